The summed E-state index contributed by atoms with van der Waals surface area (Å²) in [7, 11) is 0. The van der Waals surface area contributed by atoms with Crippen LogP contribution in [0.2, 0.25) is 0 Å². The predicted octanol–water partition coefficient (Wildman–Crippen LogP) is 5.28. The first-order valence-electron chi connectivity index (χ1n) is 11.9. The maximum atomic E-state index is 13.2. The summed E-state index contributed by atoms with van der Waals surface area (Å²) in [6.45, 7) is 6.51. The summed E-state index contributed by atoms with van der Waals surface area (Å²) in [5.41, 5.74) is -0.941. The van der Waals surface area contributed by atoms with E-state index in [1.54, 1.807) is 39.8 Å². The lowest BCUT2D eigenvalue weighted by Gasteiger charge is -2.32. The van der Waals surface area contributed by atoms with Gasteiger partial charge in [0.05, 0.1) is 0 Å². The number of ether oxygens (including phenoxy) is 4. The number of amides is 2. The molecule has 36 heavy (non-hydrogen) atoms. The minimum Gasteiger partial charge on any atom is -0.486 e. The smallest absolute Gasteiger partial charge is 0.420 e. The molecule has 0 radical (unpaired) electrons. The summed E-state index contributed by atoms with van der Waals surface area (Å²) in [5.74, 6) is 0.348. The fourth-order valence-electron chi connectivity index (χ4n) is 3.94. The van der Waals surface area contributed by atoms with Crippen LogP contribution in [0, 0.1) is 0 Å². The van der Waals surface area contributed by atoms with Crippen molar-refractivity contribution in [1.82, 2.24) is 4.90 Å². The number of carboxylic acid groups (broad SMARTS) is 1. The van der Waals surface area contributed by atoms with E-state index in [0.29, 0.717) is 29.2 Å². The van der Waals surface area contributed by atoms with Crippen molar-refractivity contribution in [2.24, 2.45) is 0 Å². The molecule has 1 N–H and O–H groups in total. The van der Waals surface area contributed by atoms with Crippen LogP contribution in [0.4, 0.5) is 9.59 Å². The molecular formula is C27H33NO8. The minimum atomic E-state index is -1.59. The number of carbonyl (C=O) groups excluding carboxylic acids is 2. The van der Waals surface area contributed by atoms with Gasteiger partial charge in [-0.05, 0) is 71.2 Å². The third kappa shape index (κ3) is 7.37. The quantitative estimate of drug-likeness (QED) is 0.553. The molecule has 194 valence electrons. The van der Waals surface area contributed by atoms with E-state index < -0.39 is 48.1 Å². The molecule has 0 aliphatic carbocycles. The number of para-hydroxylation sites is 2. The molecule has 9 heteroatoms. The average Bonchev–Trinajstić information content (AvgIpc) is 2.85. The molecule has 3 rings (SSSR count). The van der Waals surface area contributed by atoms with Crippen molar-refractivity contribution in [1.29, 1.82) is 0 Å². The van der Waals surface area contributed by atoms with Crippen molar-refractivity contribution in [3.63, 3.8) is 0 Å². The van der Waals surface area contributed by atoms with Gasteiger partial charge in [0.25, 0.3) is 0 Å². The summed E-state index contributed by atoms with van der Waals surface area (Å²) in [5, 5.41) is 9.77. The van der Waals surface area contributed by atoms with Crippen LogP contribution in [-0.2, 0) is 14.3 Å². The van der Waals surface area contributed by atoms with Gasteiger partial charge in [0.2, 0.25) is 0 Å². The van der Waals surface area contributed by atoms with Gasteiger partial charge in [-0.1, -0.05) is 36.4 Å². The summed E-state index contributed by atoms with van der Waals surface area (Å²) >= 11 is 0. The van der Waals surface area contributed by atoms with E-state index in [1.165, 1.54) is 0 Å². The molecule has 1 aliphatic rings. The van der Waals surface area contributed by atoms with Gasteiger partial charge in [-0.25, -0.2) is 14.4 Å². The lowest BCUT2D eigenvalue weighted by atomic mass is 10.0. The lowest BCUT2D eigenvalue weighted by Crippen LogP contribution is -2.51. The Morgan fingerprint density at radius 3 is 2.03 bits per heavy atom. The molecular weight excluding hydrogens is 466 g/mol. The lowest BCUT2D eigenvalue weighted by molar-refractivity contribution is -0.160. The Morgan fingerprint density at radius 2 is 1.50 bits per heavy atom. The number of hydrogen-bond donors (Lipinski definition) is 1. The van der Waals surface area contributed by atoms with Crippen LogP contribution >= 0.6 is 0 Å². The third-order valence-electron chi connectivity index (χ3n) is 5.52. The van der Waals surface area contributed by atoms with Gasteiger partial charge >= 0.3 is 18.2 Å². The van der Waals surface area contributed by atoms with E-state index >= 15 is 0 Å². The van der Waals surface area contributed by atoms with Crippen LogP contribution in [0.25, 0.3) is 0 Å². The minimum absolute atomic E-state index is 0.0454. The molecule has 4 atom stereocenters. The molecule has 1 saturated heterocycles. The van der Waals surface area contributed by atoms with Crippen molar-refractivity contribution >= 4 is 18.2 Å². The van der Waals surface area contributed by atoms with E-state index in [2.05, 4.69) is 0 Å². The summed E-state index contributed by atoms with van der Waals surface area (Å²) < 4.78 is 23.4. The monoisotopic (exact) mass is 499 g/mol. The SMILES string of the molecule is C[C@@H]1OC(=O)[C@@H](N(C(=O)O)C(=O)OC(C)(C)C)CCC[C@H](Oc2ccccc2)[C@H]1Oc1ccccc1. The largest absolute Gasteiger partial charge is 0.486 e. The van der Waals surface area contributed by atoms with Crippen molar-refractivity contribution < 1.29 is 38.4 Å². The van der Waals surface area contributed by atoms with E-state index in [4.69, 9.17) is 18.9 Å². The van der Waals surface area contributed by atoms with Gasteiger partial charge in [0, 0.05) is 0 Å². The zero-order valence-corrected chi connectivity index (χ0v) is 21.0. The van der Waals surface area contributed by atoms with Crippen LogP contribution in [0.1, 0.15) is 47.0 Å². The van der Waals surface area contributed by atoms with E-state index in [0.717, 1.165) is 0 Å². The van der Waals surface area contributed by atoms with Crippen LogP contribution in [0.5, 0.6) is 11.5 Å². The van der Waals surface area contributed by atoms with Gasteiger partial charge < -0.3 is 24.1 Å². The van der Waals surface area contributed by atoms with Crippen molar-refractivity contribution in [2.45, 2.75) is 76.9 Å². The summed E-state index contributed by atoms with van der Waals surface area (Å²) in [6, 6.07) is 16.9. The number of imide groups is 1. The molecule has 1 aliphatic heterocycles. The Balaban J connectivity index is 1.89. The summed E-state index contributed by atoms with van der Waals surface area (Å²) in [4.78, 5) is 38.3. The molecule has 9 nitrogen and oxygen atoms in total. The van der Waals surface area contributed by atoms with E-state index in [-0.39, 0.29) is 6.42 Å². The highest BCUT2D eigenvalue weighted by atomic mass is 16.6. The Morgan fingerprint density at radius 1 is 0.944 bits per heavy atom. The molecule has 0 spiro atoms. The highest BCUT2D eigenvalue weighted by Crippen LogP contribution is 2.27. The van der Waals surface area contributed by atoms with E-state index in [1.807, 2.05) is 48.5 Å². The van der Waals surface area contributed by atoms with Gasteiger partial charge in [-0.2, -0.15) is 4.90 Å². The van der Waals surface area contributed by atoms with Gasteiger partial charge in [0.15, 0.2) is 6.10 Å². The molecule has 2 amide bonds. The number of rotatable bonds is 5. The van der Waals surface area contributed by atoms with Crippen molar-refractivity contribution in [2.75, 3.05) is 0 Å². The second-order valence-corrected chi connectivity index (χ2v) is 9.59. The second kappa shape index (κ2) is 11.8. The molecule has 0 bridgehead atoms. The normalized spacial score (nSPS) is 22.7. The Kier molecular flexibility index (Phi) is 8.79. The molecule has 2 aromatic carbocycles. The zero-order valence-electron chi connectivity index (χ0n) is 21.0. The fraction of sp³-hybridized carbons (Fsp3) is 0.444. The molecule has 2 aromatic rings. The first-order valence-corrected chi connectivity index (χ1v) is 11.9. The van der Waals surface area contributed by atoms with Crippen LogP contribution in [0.15, 0.2) is 60.7 Å². The number of esters is 1. The maximum Gasteiger partial charge on any atom is 0.420 e. The molecule has 0 aromatic heterocycles. The van der Waals surface area contributed by atoms with Crippen LogP contribution in [-0.4, -0.2) is 58.1 Å². The predicted molar refractivity (Wildman–Crippen MR) is 131 cm³/mol. The number of carbonyl (C=O) groups is 3. The standard InChI is InChI=1S/C27H33NO8/c1-18-23(35-20-14-9-6-10-15-20)22(34-19-12-7-5-8-13-19)17-11-16-21(24(29)33-18)28(25(30)31)26(32)36-27(2,3)4/h5-10,12-15,18,21-23H,11,16-17H2,1-4H3,(H,30,31)/t18-,21-,22-,23-/m0/s1. The number of nitrogens with zero attached hydrogens (tertiary/aromatic N) is 1. The zero-order chi connectivity index (χ0) is 26.3. The second-order valence-electron chi connectivity index (χ2n) is 9.59. The Labute approximate surface area is 210 Å². The van der Waals surface area contributed by atoms with Gasteiger partial charge in [0.1, 0.15) is 35.3 Å². The van der Waals surface area contributed by atoms with Crippen molar-refractivity contribution in [3.05, 3.63) is 60.7 Å². The Bertz CT molecular complexity index is 1020. The maximum absolute atomic E-state index is 13.2. The highest BCUT2D eigenvalue weighted by Gasteiger charge is 2.42. The van der Waals surface area contributed by atoms with E-state index in [9.17, 15) is 19.5 Å². The average molecular weight is 500 g/mol. The van der Waals surface area contributed by atoms with Crippen molar-refractivity contribution in [3.8, 4) is 11.5 Å². The summed E-state index contributed by atoms with van der Waals surface area (Å²) in [6.07, 6.45) is -3.92. The van der Waals surface area contributed by atoms with Crippen LogP contribution in [0.3, 0.4) is 0 Å². The van der Waals surface area contributed by atoms with Gasteiger partial charge in [-0.3, -0.25) is 0 Å². The number of hydrogen-bond acceptors (Lipinski definition) is 7. The highest BCUT2D eigenvalue weighted by molar-refractivity contribution is 5.93. The molecule has 1 fully saturated rings. The third-order valence-corrected chi connectivity index (χ3v) is 5.52. The Hall–Kier alpha value is -3.75. The topological polar surface area (TPSA) is 112 Å². The molecule has 0 saturated carbocycles. The molecule has 1 heterocycles. The fourth-order valence-corrected chi connectivity index (χ4v) is 3.94. The molecule has 0 unspecified atom stereocenters. The van der Waals surface area contributed by atoms with Crippen LogP contribution < -0.4 is 9.47 Å². The number of benzene rings is 2. The first-order chi connectivity index (χ1) is 17.0. The first kappa shape index (κ1) is 26.8. The number of cyclic esters (lactones) is 1. The van der Waals surface area contributed by atoms with Gasteiger partial charge in [-0.15, -0.1) is 0 Å².